The number of sulfonamides is 1. The molecule has 0 N–H and O–H groups in total. The molecule has 156 valence electrons. The second-order valence-corrected chi connectivity index (χ2v) is 8.65. The summed E-state index contributed by atoms with van der Waals surface area (Å²) in [7, 11) is -4.09. The number of halogens is 4. The summed E-state index contributed by atoms with van der Waals surface area (Å²) in [6.45, 7) is 0.531. The van der Waals surface area contributed by atoms with Crippen LogP contribution >= 0.6 is 11.6 Å². The number of alkyl halides is 3. The van der Waals surface area contributed by atoms with Crippen molar-refractivity contribution in [3.8, 4) is 0 Å². The number of non-ortho nitro benzene ring substituents is 1. The van der Waals surface area contributed by atoms with E-state index >= 15 is 0 Å². The van der Waals surface area contributed by atoms with E-state index in [4.69, 9.17) is 11.6 Å². The molecule has 7 nitrogen and oxygen atoms in total. The molecule has 0 unspecified atom stereocenters. The molecule has 3 rings (SSSR count). The summed E-state index contributed by atoms with van der Waals surface area (Å²) in [6, 6.07) is 7.61. The van der Waals surface area contributed by atoms with Gasteiger partial charge in [-0.1, -0.05) is 17.7 Å². The molecule has 0 atom stereocenters. The number of nitro benzene ring substituents is 1. The van der Waals surface area contributed by atoms with Gasteiger partial charge in [-0.2, -0.15) is 17.5 Å². The van der Waals surface area contributed by atoms with Crippen LogP contribution in [0.3, 0.4) is 0 Å². The molecule has 0 radical (unpaired) electrons. The van der Waals surface area contributed by atoms with E-state index in [-0.39, 0.29) is 36.9 Å². The van der Waals surface area contributed by atoms with Gasteiger partial charge in [0, 0.05) is 38.3 Å². The Labute approximate surface area is 169 Å². The normalized spacial score (nSPS) is 16.1. The minimum Gasteiger partial charge on any atom is -0.368 e. The van der Waals surface area contributed by atoms with Gasteiger partial charge in [0.25, 0.3) is 5.69 Å². The third-order valence-corrected chi connectivity index (χ3v) is 6.72. The molecule has 0 saturated carbocycles. The van der Waals surface area contributed by atoms with Crippen LogP contribution < -0.4 is 4.90 Å². The number of anilines is 1. The van der Waals surface area contributed by atoms with Crippen LogP contribution in [0.2, 0.25) is 5.02 Å². The molecule has 0 aromatic heterocycles. The van der Waals surface area contributed by atoms with Gasteiger partial charge >= 0.3 is 6.18 Å². The second-order valence-electron chi connectivity index (χ2n) is 6.31. The van der Waals surface area contributed by atoms with E-state index in [1.54, 1.807) is 4.90 Å². The van der Waals surface area contributed by atoms with Gasteiger partial charge in [0.05, 0.1) is 26.1 Å². The van der Waals surface area contributed by atoms with E-state index in [9.17, 15) is 31.7 Å². The number of nitro groups is 1. The predicted molar refractivity (Wildman–Crippen MR) is 101 cm³/mol. The van der Waals surface area contributed by atoms with E-state index in [1.165, 1.54) is 18.2 Å². The Kier molecular flexibility index (Phi) is 5.74. The lowest BCUT2D eigenvalue weighted by Crippen LogP contribution is -2.48. The van der Waals surface area contributed by atoms with Crippen molar-refractivity contribution in [1.82, 2.24) is 4.31 Å². The van der Waals surface area contributed by atoms with Gasteiger partial charge in [0.2, 0.25) is 10.0 Å². The highest BCUT2D eigenvalue weighted by Gasteiger charge is 2.34. The van der Waals surface area contributed by atoms with Crippen LogP contribution in [0.15, 0.2) is 47.4 Å². The molecule has 29 heavy (non-hydrogen) atoms. The van der Waals surface area contributed by atoms with Crippen molar-refractivity contribution in [2.24, 2.45) is 0 Å². The first-order valence-electron chi connectivity index (χ1n) is 8.36. The van der Waals surface area contributed by atoms with Crippen LogP contribution in [0.25, 0.3) is 0 Å². The topological polar surface area (TPSA) is 83.8 Å². The Hall–Kier alpha value is -2.37. The van der Waals surface area contributed by atoms with Crippen LogP contribution in [0.4, 0.5) is 24.5 Å². The number of rotatable bonds is 4. The zero-order valence-corrected chi connectivity index (χ0v) is 16.3. The number of hydrogen-bond donors (Lipinski definition) is 0. The van der Waals surface area contributed by atoms with Crippen molar-refractivity contribution in [3.05, 3.63) is 63.2 Å². The molecular formula is C17H15ClF3N3O4S. The Balaban J connectivity index is 1.76. The summed E-state index contributed by atoms with van der Waals surface area (Å²) >= 11 is 6.10. The smallest absolute Gasteiger partial charge is 0.368 e. The first-order valence-corrected chi connectivity index (χ1v) is 10.2. The number of hydrogen-bond acceptors (Lipinski definition) is 5. The lowest BCUT2D eigenvalue weighted by Gasteiger charge is -2.35. The van der Waals surface area contributed by atoms with Crippen molar-refractivity contribution >= 4 is 33.0 Å². The number of piperazine rings is 1. The average molecular weight is 450 g/mol. The van der Waals surface area contributed by atoms with E-state index in [2.05, 4.69) is 0 Å². The van der Waals surface area contributed by atoms with Crippen LogP contribution in [0.1, 0.15) is 5.56 Å². The summed E-state index contributed by atoms with van der Waals surface area (Å²) in [5.41, 5.74) is -0.673. The predicted octanol–water partition coefficient (Wildman–Crippen LogP) is 3.78. The lowest BCUT2D eigenvalue weighted by molar-refractivity contribution is -0.384. The number of nitrogens with zero attached hydrogens (tertiary/aromatic N) is 3. The summed E-state index contributed by atoms with van der Waals surface area (Å²) in [5.74, 6) is 0. The maximum absolute atomic E-state index is 12.9. The molecule has 2 aromatic carbocycles. The Morgan fingerprint density at radius 3 is 2.24 bits per heavy atom. The molecule has 2 aromatic rings. The van der Waals surface area contributed by atoms with Gasteiger partial charge in [-0.05, 0) is 24.3 Å². The minimum absolute atomic E-state index is 0.0336. The highest BCUT2D eigenvalue weighted by Crippen LogP contribution is 2.33. The SMILES string of the molecule is O=[N+]([O-])c1ccc(N2CCN(S(=O)(=O)c3cccc(C(F)(F)F)c3)CC2)c(Cl)c1. The fraction of sp³-hybridized carbons (Fsp3) is 0.294. The van der Waals surface area contributed by atoms with Crippen molar-refractivity contribution in [1.29, 1.82) is 0 Å². The third-order valence-electron chi connectivity index (χ3n) is 4.52. The zero-order valence-electron chi connectivity index (χ0n) is 14.8. The quantitative estimate of drug-likeness (QED) is 0.524. The van der Waals surface area contributed by atoms with Gasteiger partial charge in [0.1, 0.15) is 0 Å². The average Bonchev–Trinajstić information content (AvgIpc) is 2.67. The highest BCUT2D eigenvalue weighted by molar-refractivity contribution is 7.89. The molecule has 12 heteroatoms. The van der Waals surface area contributed by atoms with Crippen LogP contribution in [0, 0.1) is 10.1 Å². The fourth-order valence-corrected chi connectivity index (χ4v) is 4.78. The maximum atomic E-state index is 12.9. The van der Waals surface area contributed by atoms with Gasteiger partial charge in [0.15, 0.2) is 0 Å². The van der Waals surface area contributed by atoms with E-state index in [1.807, 2.05) is 0 Å². The van der Waals surface area contributed by atoms with E-state index in [0.29, 0.717) is 11.8 Å². The molecule has 1 aliphatic rings. The fourth-order valence-electron chi connectivity index (χ4n) is 3.02. The van der Waals surface area contributed by atoms with Crippen molar-refractivity contribution in [2.45, 2.75) is 11.1 Å². The van der Waals surface area contributed by atoms with Crippen molar-refractivity contribution in [2.75, 3.05) is 31.1 Å². The molecule has 1 saturated heterocycles. The standard InChI is InChI=1S/C17H15ClF3N3O4S/c18-15-11-13(24(25)26)4-5-16(15)22-6-8-23(9-7-22)29(27,28)14-3-1-2-12(10-14)17(19,20)21/h1-5,10-11H,6-9H2. The van der Waals surface area contributed by atoms with Crippen molar-refractivity contribution in [3.63, 3.8) is 0 Å². The summed E-state index contributed by atoms with van der Waals surface area (Å²) in [4.78, 5) is 11.6. The summed E-state index contributed by atoms with van der Waals surface area (Å²) < 4.78 is 65.2. The lowest BCUT2D eigenvalue weighted by atomic mass is 10.2. The minimum atomic E-state index is -4.64. The van der Waals surface area contributed by atoms with Gasteiger partial charge < -0.3 is 4.90 Å². The third kappa shape index (κ3) is 4.46. The van der Waals surface area contributed by atoms with Crippen LogP contribution in [0.5, 0.6) is 0 Å². The van der Waals surface area contributed by atoms with Crippen molar-refractivity contribution < 1.29 is 26.5 Å². The van der Waals surface area contributed by atoms with Gasteiger partial charge in [-0.3, -0.25) is 10.1 Å². The van der Waals surface area contributed by atoms with Gasteiger partial charge in [-0.25, -0.2) is 8.42 Å². The van der Waals surface area contributed by atoms with Gasteiger partial charge in [-0.15, -0.1) is 0 Å². The monoisotopic (exact) mass is 449 g/mol. The van der Waals surface area contributed by atoms with E-state index in [0.717, 1.165) is 22.5 Å². The van der Waals surface area contributed by atoms with Crippen LogP contribution in [-0.2, 0) is 16.2 Å². The Morgan fingerprint density at radius 2 is 1.69 bits per heavy atom. The largest absolute Gasteiger partial charge is 0.416 e. The number of benzene rings is 2. The summed E-state index contributed by atoms with van der Waals surface area (Å²) in [5, 5.41) is 11.0. The molecule has 0 amide bonds. The van der Waals surface area contributed by atoms with Crippen LogP contribution in [-0.4, -0.2) is 43.8 Å². The molecule has 0 spiro atoms. The summed E-state index contributed by atoms with van der Waals surface area (Å²) in [6.07, 6.45) is -4.64. The molecule has 0 aliphatic carbocycles. The maximum Gasteiger partial charge on any atom is 0.416 e. The molecule has 0 bridgehead atoms. The molecule has 1 aliphatic heterocycles. The first-order chi connectivity index (χ1) is 13.5. The van der Waals surface area contributed by atoms with E-state index < -0.39 is 31.6 Å². The highest BCUT2D eigenvalue weighted by atomic mass is 35.5. The Bertz CT molecular complexity index is 1040. The molecule has 1 fully saturated rings. The Morgan fingerprint density at radius 1 is 1.03 bits per heavy atom. The molecular weight excluding hydrogens is 435 g/mol. The molecule has 1 heterocycles. The first kappa shape index (κ1) is 21.3. The second kappa shape index (κ2) is 7.81. The zero-order chi connectivity index (χ0) is 21.4.